The van der Waals surface area contributed by atoms with Crippen molar-refractivity contribution in [3.8, 4) is 11.5 Å². The lowest BCUT2D eigenvalue weighted by atomic mass is 10.1. The molecule has 5 nitrogen and oxygen atoms in total. The number of aliphatic hydroxyl groups is 1. The molecule has 0 aromatic heterocycles. The molecule has 1 unspecified atom stereocenters. The first-order chi connectivity index (χ1) is 10.3. The molecule has 0 radical (unpaired) electrons. The van der Waals surface area contributed by atoms with E-state index in [4.69, 9.17) is 19.3 Å². The molecule has 0 spiro atoms. The number of para-hydroxylation sites is 2. The van der Waals surface area contributed by atoms with Crippen LogP contribution in [-0.4, -0.2) is 61.7 Å². The van der Waals surface area contributed by atoms with Crippen LogP contribution < -0.4 is 9.47 Å². The molecule has 1 saturated heterocycles. The summed E-state index contributed by atoms with van der Waals surface area (Å²) in [6, 6.07) is 7.82. The fraction of sp³-hybridized carbons (Fsp3) is 0.625. The maximum atomic E-state index is 8.78. The van der Waals surface area contributed by atoms with E-state index in [1.54, 1.807) is 0 Å². The second-order valence-electron chi connectivity index (χ2n) is 5.59. The zero-order chi connectivity index (χ0) is 14.5. The highest BCUT2D eigenvalue weighted by Crippen LogP contribution is 2.31. The Morgan fingerprint density at radius 3 is 2.71 bits per heavy atom. The molecule has 1 N–H and O–H groups in total. The highest BCUT2D eigenvalue weighted by molar-refractivity contribution is 5.40. The first-order valence-electron chi connectivity index (χ1n) is 7.68. The van der Waals surface area contributed by atoms with Gasteiger partial charge in [0.15, 0.2) is 11.5 Å². The molecule has 1 atom stereocenters. The van der Waals surface area contributed by atoms with Crippen molar-refractivity contribution in [2.24, 2.45) is 0 Å². The lowest BCUT2D eigenvalue weighted by molar-refractivity contribution is -0.0181. The van der Waals surface area contributed by atoms with E-state index < -0.39 is 0 Å². The Balaban J connectivity index is 1.44. The van der Waals surface area contributed by atoms with Crippen LogP contribution in [0.15, 0.2) is 24.3 Å². The monoisotopic (exact) mass is 293 g/mol. The number of benzene rings is 1. The number of ether oxygens (including phenoxy) is 3. The first kappa shape index (κ1) is 14.6. The Morgan fingerprint density at radius 2 is 1.95 bits per heavy atom. The van der Waals surface area contributed by atoms with Crippen molar-refractivity contribution in [2.45, 2.75) is 25.0 Å². The van der Waals surface area contributed by atoms with E-state index in [0.717, 1.165) is 44.0 Å². The van der Waals surface area contributed by atoms with Crippen LogP contribution in [0.4, 0.5) is 0 Å². The second-order valence-corrected chi connectivity index (χ2v) is 5.59. The summed E-state index contributed by atoms with van der Waals surface area (Å²) in [5.74, 6) is 1.68. The first-order valence-corrected chi connectivity index (χ1v) is 7.68. The molecule has 2 aliphatic rings. The molecule has 0 aliphatic carbocycles. The Bertz CT molecular complexity index is 446. The van der Waals surface area contributed by atoms with E-state index >= 15 is 0 Å². The van der Waals surface area contributed by atoms with Gasteiger partial charge in [-0.1, -0.05) is 12.1 Å². The lowest BCUT2D eigenvalue weighted by Crippen LogP contribution is -2.45. The van der Waals surface area contributed by atoms with Crippen molar-refractivity contribution in [2.75, 3.05) is 39.5 Å². The van der Waals surface area contributed by atoms with Crippen LogP contribution in [0.25, 0.3) is 0 Å². The number of likely N-dealkylation sites (tertiary alicyclic amines) is 1. The number of nitrogens with zero attached hydrogens (tertiary/aromatic N) is 1. The molecule has 116 valence electrons. The Kier molecular flexibility index (Phi) is 4.95. The van der Waals surface area contributed by atoms with Crippen LogP contribution in [-0.2, 0) is 4.74 Å². The predicted molar refractivity (Wildman–Crippen MR) is 78.9 cm³/mol. The van der Waals surface area contributed by atoms with Gasteiger partial charge < -0.3 is 19.3 Å². The summed E-state index contributed by atoms with van der Waals surface area (Å²) in [5, 5.41) is 8.78. The van der Waals surface area contributed by atoms with Crippen molar-refractivity contribution in [3.05, 3.63) is 24.3 Å². The summed E-state index contributed by atoms with van der Waals surface area (Å²) >= 11 is 0. The van der Waals surface area contributed by atoms with Crippen LogP contribution in [0.2, 0.25) is 0 Å². The average Bonchev–Trinajstić information content (AvgIpc) is 2.54. The number of piperidine rings is 1. The molecule has 3 rings (SSSR count). The molecule has 21 heavy (non-hydrogen) atoms. The van der Waals surface area contributed by atoms with Gasteiger partial charge in [0.25, 0.3) is 0 Å². The van der Waals surface area contributed by atoms with Crippen molar-refractivity contribution >= 4 is 0 Å². The van der Waals surface area contributed by atoms with Crippen LogP contribution >= 0.6 is 0 Å². The van der Waals surface area contributed by atoms with E-state index in [1.165, 1.54) is 0 Å². The largest absolute Gasteiger partial charge is 0.486 e. The van der Waals surface area contributed by atoms with Crippen molar-refractivity contribution in [1.82, 2.24) is 4.90 Å². The maximum absolute atomic E-state index is 8.78. The van der Waals surface area contributed by atoms with Gasteiger partial charge in [-0.3, -0.25) is 4.90 Å². The van der Waals surface area contributed by atoms with Gasteiger partial charge in [0.2, 0.25) is 0 Å². The molecule has 2 aliphatic heterocycles. The fourth-order valence-electron chi connectivity index (χ4n) is 2.92. The van der Waals surface area contributed by atoms with Crippen molar-refractivity contribution < 1.29 is 19.3 Å². The Labute approximate surface area is 125 Å². The topological polar surface area (TPSA) is 51.2 Å². The van der Waals surface area contributed by atoms with Crippen LogP contribution in [0.5, 0.6) is 11.5 Å². The van der Waals surface area contributed by atoms with Crippen LogP contribution in [0, 0.1) is 0 Å². The second kappa shape index (κ2) is 7.11. The minimum atomic E-state index is 0.0924. The number of aliphatic hydroxyl groups excluding tert-OH is 1. The van der Waals surface area contributed by atoms with E-state index in [1.807, 2.05) is 24.3 Å². The molecule has 5 heteroatoms. The highest BCUT2D eigenvalue weighted by atomic mass is 16.6. The summed E-state index contributed by atoms with van der Waals surface area (Å²) in [6.45, 7) is 4.07. The van der Waals surface area contributed by atoms with Crippen molar-refractivity contribution in [3.63, 3.8) is 0 Å². The predicted octanol–water partition coefficient (Wildman–Crippen LogP) is 1.30. The van der Waals surface area contributed by atoms with Gasteiger partial charge in [-0.2, -0.15) is 0 Å². The molecule has 2 heterocycles. The molecular weight excluding hydrogens is 270 g/mol. The zero-order valence-electron chi connectivity index (χ0n) is 12.2. The third kappa shape index (κ3) is 3.87. The van der Waals surface area contributed by atoms with Crippen LogP contribution in [0.3, 0.4) is 0 Å². The molecule has 1 fully saturated rings. The average molecular weight is 293 g/mol. The highest BCUT2D eigenvalue weighted by Gasteiger charge is 2.26. The Morgan fingerprint density at radius 1 is 1.19 bits per heavy atom. The summed E-state index contributed by atoms with van der Waals surface area (Å²) in [4.78, 5) is 2.40. The summed E-state index contributed by atoms with van der Waals surface area (Å²) in [5.41, 5.74) is 0. The number of rotatable bonds is 5. The SMILES string of the molecule is OCCOC1CCN(CC2COc3ccccc3O2)CC1. The third-order valence-electron chi connectivity index (χ3n) is 4.01. The van der Waals surface area contributed by atoms with Gasteiger partial charge in [-0.15, -0.1) is 0 Å². The van der Waals surface area contributed by atoms with E-state index in [0.29, 0.717) is 13.2 Å². The zero-order valence-corrected chi connectivity index (χ0v) is 12.2. The smallest absolute Gasteiger partial charge is 0.161 e. The van der Waals surface area contributed by atoms with E-state index in [9.17, 15) is 0 Å². The standard InChI is InChI=1S/C16H23NO4/c18-9-10-19-13-5-7-17(8-6-13)11-14-12-20-15-3-1-2-4-16(15)21-14/h1-4,13-14,18H,5-12H2. The lowest BCUT2D eigenvalue weighted by Gasteiger charge is -2.35. The van der Waals surface area contributed by atoms with Gasteiger partial charge in [-0.25, -0.2) is 0 Å². The molecular formula is C16H23NO4. The minimum absolute atomic E-state index is 0.0924. The Hall–Kier alpha value is -1.30. The number of hydrogen-bond donors (Lipinski definition) is 1. The molecule has 1 aromatic rings. The minimum Gasteiger partial charge on any atom is -0.486 e. The van der Waals surface area contributed by atoms with Gasteiger partial charge in [0.1, 0.15) is 12.7 Å². The third-order valence-corrected chi connectivity index (χ3v) is 4.01. The van der Waals surface area contributed by atoms with Gasteiger partial charge in [0.05, 0.1) is 19.3 Å². The normalized spacial score (nSPS) is 23.2. The number of hydrogen-bond acceptors (Lipinski definition) is 5. The van der Waals surface area contributed by atoms with Crippen LogP contribution in [0.1, 0.15) is 12.8 Å². The summed E-state index contributed by atoms with van der Waals surface area (Å²) in [7, 11) is 0. The van der Waals surface area contributed by atoms with E-state index in [-0.39, 0.29) is 18.8 Å². The van der Waals surface area contributed by atoms with Gasteiger partial charge >= 0.3 is 0 Å². The summed E-state index contributed by atoms with van der Waals surface area (Å²) < 4.78 is 17.3. The van der Waals surface area contributed by atoms with Gasteiger partial charge in [-0.05, 0) is 25.0 Å². The molecule has 0 saturated carbocycles. The van der Waals surface area contributed by atoms with Crippen molar-refractivity contribution in [1.29, 1.82) is 0 Å². The quantitative estimate of drug-likeness (QED) is 0.887. The van der Waals surface area contributed by atoms with Gasteiger partial charge in [0, 0.05) is 19.6 Å². The maximum Gasteiger partial charge on any atom is 0.161 e. The number of fused-ring (bicyclic) bond motifs is 1. The molecule has 0 amide bonds. The molecule has 0 bridgehead atoms. The molecule has 1 aromatic carbocycles. The van der Waals surface area contributed by atoms with E-state index in [2.05, 4.69) is 4.90 Å². The fourth-order valence-corrected chi connectivity index (χ4v) is 2.92. The summed E-state index contributed by atoms with van der Waals surface area (Å²) in [6.07, 6.45) is 2.42.